The van der Waals surface area contributed by atoms with Gasteiger partial charge in [0, 0.05) is 13.7 Å². The quantitative estimate of drug-likeness (QED) is 0.700. The van der Waals surface area contributed by atoms with E-state index in [-0.39, 0.29) is 18.2 Å². The molecule has 146 valence electrons. The molecular formula is C18H33NO6. The number of hydrogen-bond acceptors (Lipinski definition) is 6. The van der Waals surface area contributed by atoms with Crippen LogP contribution in [-0.4, -0.2) is 79.5 Å². The lowest BCUT2D eigenvalue weighted by molar-refractivity contribution is -0.141. The van der Waals surface area contributed by atoms with Crippen LogP contribution < -0.4 is 0 Å². The summed E-state index contributed by atoms with van der Waals surface area (Å²) in [6.07, 6.45) is 2.17. The van der Waals surface area contributed by atoms with E-state index in [9.17, 15) is 9.90 Å². The molecule has 2 fully saturated rings. The molecule has 2 heterocycles. The predicted molar refractivity (Wildman–Crippen MR) is 92.6 cm³/mol. The molecule has 25 heavy (non-hydrogen) atoms. The van der Waals surface area contributed by atoms with E-state index in [1.54, 1.807) is 12.0 Å². The van der Waals surface area contributed by atoms with E-state index >= 15 is 0 Å². The number of fused-ring (bicyclic) bond motifs is 2. The maximum absolute atomic E-state index is 12.5. The summed E-state index contributed by atoms with van der Waals surface area (Å²) in [5, 5.41) is 11.0. The Labute approximate surface area is 150 Å². The van der Waals surface area contributed by atoms with Crippen molar-refractivity contribution in [3.8, 4) is 0 Å². The first-order chi connectivity index (χ1) is 11.7. The summed E-state index contributed by atoms with van der Waals surface area (Å²) in [5.74, 6) is 0. The van der Waals surface area contributed by atoms with E-state index in [4.69, 9.17) is 18.9 Å². The Morgan fingerprint density at radius 3 is 2.40 bits per heavy atom. The van der Waals surface area contributed by atoms with Crippen molar-refractivity contribution < 1.29 is 28.8 Å². The molecule has 2 aliphatic heterocycles. The number of carbonyl (C=O) groups is 1. The molecule has 0 aromatic carbocycles. The van der Waals surface area contributed by atoms with E-state index in [0.717, 1.165) is 6.42 Å². The average Bonchev–Trinajstić information content (AvgIpc) is 2.48. The minimum absolute atomic E-state index is 0.137. The van der Waals surface area contributed by atoms with E-state index in [1.807, 2.05) is 20.8 Å². The van der Waals surface area contributed by atoms with E-state index in [1.165, 1.54) is 0 Å². The number of morpholine rings is 1. The number of rotatable bonds is 7. The Hall–Kier alpha value is -0.890. The minimum atomic E-state index is -0.776. The van der Waals surface area contributed by atoms with Gasteiger partial charge in [-0.05, 0) is 46.5 Å². The largest absolute Gasteiger partial charge is 0.444 e. The maximum atomic E-state index is 12.5. The SMILES string of the molecule is COCCOCCCC1(O)CC2COCC(C1)N2C(=O)OC(C)(C)C. The summed E-state index contributed by atoms with van der Waals surface area (Å²) >= 11 is 0. The van der Waals surface area contributed by atoms with Crippen LogP contribution in [0, 0.1) is 0 Å². The molecule has 7 heteroatoms. The predicted octanol–water partition coefficient (Wildman–Crippen LogP) is 1.96. The van der Waals surface area contributed by atoms with Crippen LogP contribution in [0.2, 0.25) is 0 Å². The van der Waals surface area contributed by atoms with Crippen molar-refractivity contribution in [2.75, 3.05) is 40.1 Å². The molecule has 7 nitrogen and oxygen atoms in total. The van der Waals surface area contributed by atoms with Crippen molar-refractivity contribution in [3.63, 3.8) is 0 Å². The smallest absolute Gasteiger partial charge is 0.410 e. The minimum Gasteiger partial charge on any atom is -0.444 e. The molecule has 1 N–H and O–H groups in total. The van der Waals surface area contributed by atoms with Crippen LogP contribution in [0.3, 0.4) is 0 Å². The molecule has 0 aromatic rings. The number of aliphatic hydroxyl groups is 1. The molecule has 2 saturated heterocycles. The van der Waals surface area contributed by atoms with Gasteiger partial charge in [-0.15, -0.1) is 0 Å². The van der Waals surface area contributed by atoms with Crippen LogP contribution in [0.4, 0.5) is 4.79 Å². The summed E-state index contributed by atoms with van der Waals surface area (Å²) in [5.41, 5.74) is -1.30. The van der Waals surface area contributed by atoms with Crippen molar-refractivity contribution in [2.45, 2.75) is 69.7 Å². The summed E-state index contributed by atoms with van der Waals surface area (Å²) in [6, 6.07) is -0.275. The fraction of sp³-hybridized carbons (Fsp3) is 0.944. The first-order valence-corrected chi connectivity index (χ1v) is 9.12. The molecule has 2 unspecified atom stereocenters. The van der Waals surface area contributed by atoms with Gasteiger partial charge >= 0.3 is 6.09 Å². The van der Waals surface area contributed by atoms with E-state index in [0.29, 0.717) is 52.3 Å². The number of piperidine rings is 1. The Bertz CT molecular complexity index is 422. The summed E-state index contributed by atoms with van der Waals surface area (Å²) in [7, 11) is 1.64. The molecule has 1 amide bonds. The molecule has 0 saturated carbocycles. The van der Waals surface area contributed by atoms with Gasteiger partial charge in [0.05, 0.1) is 44.1 Å². The molecule has 0 radical (unpaired) electrons. The second-order valence-corrected chi connectivity index (χ2v) is 8.07. The Balaban J connectivity index is 1.88. The van der Waals surface area contributed by atoms with Crippen LogP contribution in [0.25, 0.3) is 0 Å². The Morgan fingerprint density at radius 1 is 1.20 bits per heavy atom. The standard InChI is InChI=1S/C18H33NO6/c1-17(2,3)25-16(20)19-14-10-18(21,11-15(19)13-24-12-14)6-5-7-23-9-8-22-4/h14-15,21H,5-13H2,1-4H3. The van der Waals surface area contributed by atoms with E-state index in [2.05, 4.69) is 0 Å². The lowest BCUT2D eigenvalue weighted by atomic mass is 9.78. The normalized spacial score (nSPS) is 29.6. The molecule has 2 bridgehead atoms. The van der Waals surface area contributed by atoms with Crippen molar-refractivity contribution in [1.29, 1.82) is 0 Å². The molecule has 2 aliphatic rings. The van der Waals surface area contributed by atoms with Gasteiger partial charge in [-0.2, -0.15) is 0 Å². The molecule has 0 spiro atoms. The zero-order valence-corrected chi connectivity index (χ0v) is 16.0. The molecule has 0 aliphatic carbocycles. The zero-order valence-electron chi connectivity index (χ0n) is 16.0. The van der Waals surface area contributed by atoms with Gasteiger partial charge in [0.25, 0.3) is 0 Å². The van der Waals surface area contributed by atoms with Crippen LogP contribution in [0.5, 0.6) is 0 Å². The highest BCUT2D eigenvalue weighted by atomic mass is 16.6. The second kappa shape index (κ2) is 8.66. The molecule has 0 aromatic heterocycles. The summed E-state index contributed by atoms with van der Waals surface area (Å²) in [6.45, 7) is 8.23. The molecule has 2 rings (SSSR count). The number of hydrogen-bond donors (Lipinski definition) is 1. The Morgan fingerprint density at radius 2 is 1.84 bits per heavy atom. The number of ether oxygens (including phenoxy) is 4. The third kappa shape index (κ3) is 6.09. The van der Waals surface area contributed by atoms with Gasteiger partial charge in [0.15, 0.2) is 0 Å². The van der Waals surface area contributed by atoms with Crippen LogP contribution in [0.15, 0.2) is 0 Å². The first kappa shape index (κ1) is 20.4. The fourth-order valence-corrected chi connectivity index (χ4v) is 3.64. The van der Waals surface area contributed by atoms with Gasteiger partial charge in [-0.1, -0.05) is 0 Å². The fourth-order valence-electron chi connectivity index (χ4n) is 3.64. The highest BCUT2D eigenvalue weighted by Crippen LogP contribution is 2.37. The van der Waals surface area contributed by atoms with Crippen LogP contribution in [0.1, 0.15) is 46.5 Å². The van der Waals surface area contributed by atoms with Crippen LogP contribution in [-0.2, 0) is 18.9 Å². The van der Waals surface area contributed by atoms with Gasteiger partial charge in [-0.25, -0.2) is 4.79 Å². The van der Waals surface area contributed by atoms with Crippen molar-refractivity contribution in [2.24, 2.45) is 0 Å². The van der Waals surface area contributed by atoms with Gasteiger partial charge in [0.2, 0.25) is 0 Å². The number of methoxy groups -OCH3 is 1. The number of nitrogens with zero attached hydrogens (tertiary/aromatic N) is 1. The third-order valence-corrected chi connectivity index (χ3v) is 4.61. The molecule has 2 atom stereocenters. The van der Waals surface area contributed by atoms with Crippen LogP contribution >= 0.6 is 0 Å². The van der Waals surface area contributed by atoms with Gasteiger partial charge in [0.1, 0.15) is 5.60 Å². The second-order valence-electron chi connectivity index (χ2n) is 8.07. The monoisotopic (exact) mass is 359 g/mol. The molecular weight excluding hydrogens is 326 g/mol. The lowest BCUT2D eigenvalue weighted by Gasteiger charge is -2.51. The first-order valence-electron chi connectivity index (χ1n) is 9.12. The highest BCUT2D eigenvalue weighted by Gasteiger charge is 2.48. The average molecular weight is 359 g/mol. The Kier molecular flexibility index (Phi) is 7.08. The number of amides is 1. The van der Waals surface area contributed by atoms with E-state index < -0.39 is 11.2 Å². The zero-order chi connectivity index (χ0) is 18.5. The summed E-state index contributed by atoms with van der Waals surface area (Å²) in [4.78, 5) is 14.3. The van der Waals surface area contributed by atoms with Gasteiger partial charge < -0.3 is 24.1 Å². The summed E-state index contributed by atoms with van der Waals surface area (Å²) < 4.78 is 21.6. The highest BCUT2D eigenvalue weighted by molar-refractivity contribution is 5.69. The lowest BCUT2D eigenvalue weighted by Crippen LogP contribution is -2.64. The van der Waals surface area contributed by atoms with Crippen molar-refractivity contribution in [3.05, 3.63) is 0 Å². The topological polar surface area (TPSA) is 77.5 Å². The van der Waals surface area contributed by atoms with Gasteiger partial charge in [-0.3, -0.25) is 4.90 Å². The van der Waals surface area contributed by atoms with Crippen molar-refractivity contribution >= 4 is 6.09 Å². The third-order valence-electron chi connectivity index (χ3n) is 4.61. The van der Waals surface area contributed by atoms with Crippen molar-refractivity contribution in [1.82, 2.24) is 4.90 Å². The number of carbonyl (C=O) groups excluding carboxylic acids is 1. The maximum Gasteiger partial charge on any atom is 0.410 e.